The van der Waals surface area contributed by atoms with Gasteiger partial charge in [0.2, 0.25) is 0 Å². The topological polar surface area (TPSA) is 53.6 Å². The third kappa shape index (κ3) is 1.25. The number of aromatic nitrogens is 3. The number of fused-ring (bicyclic) bond motifs is 2. The van der Waals surface area contributed by atoms with Gasteiger partial charge in [-0.2, -0.15) is 15.4 Å². The summed E-state index contributed by atoms with van der Waals surface area (Å²) in [5.74, 6) is 0.637. The Morgan fingerprint density at radius 2 is 2.00 bits per heavy atom. The summed E-state index contributed by atoms with van der Waals surface area (Å²) in [6, 6.07) is 1.47. The second-order valence-corrected chi connectivity index (χ2v) is 4.20. The van der Waals surface area contributed by atoms with Gasteiger partial charge in [0, 0.05) is 18.0 Å². The van der Waals surface area contributed by atoms with E-state index < -0.39 is 0 Å². The van der Waals surface area contributed by atoms with E-state index in [1.807, 2.05) is 6.20 Å². The van der Waals surface area contributed by atoms with E-state index in [0.717, 1.165) is 17.8 Å². The normalized spacial score (nSPS) is 38.0. The van der Waals surface area contributed by atoms with Crippen LogP contribution >= 0.6 is 0 Å². The van der Waals surface area contributed by atoms with E-state index in [2.05, 4.69) is 20.7 Å². The molecule has 0 spiro atoms. The smallest absolute Gasteiger partial charge is 0.0856 e. The van der Waals surface area contributed by atoms with Crippen molar-refractivity contribution in [3.05, 3.63) is 11.9 Å². The predicted molar refractivity (Wildman–Crippen MR) is 48.3 cm³/mol. The molecule has 3 heterocycles. The fourth-order valence-electron chi connectivity index (χ4n) is 2.71. The van der Waals surface area contributed by atoms with E-state index in [-0.39, 0.29) is 0 Å². The predicted octanol–water partition coefficient (Wildman–Crippen LogP) is 0.803. The van der Waals surface area contributed by atoms with Crippen molar-refractivity contribution in [2.24, 2.45) is 0 Å². The third-order valence-corrected chi connectivity index (χ3v) is 3.32. The maximum atomic E-state index is 4.17. The number of hydrogen-bond donors (Lipinski definition) is 2. The van der Waals surface area contributed by atoms with E-state index in [1.54, 1.807) is 0 Å². The van der Waals surface area contributed by atoms with Gasteiger partial charge in [-0.25, -0.2) is 0 Å². The first-order valence-corrected chi connectivity index (χ1v) is 5.03. The van der Waals surface area contributed by atoms with E-state index in [4.69, 9.17) is 0 Å². The van der Waals surface area contributed by atoms with Crippen LogP contribution < -0.4 is 5.32 Å². The Labute approximate surface area is 77.1 Å². The van der Waals surface area contributed by atoms with Crippen LogP contribution in [-0.2, 0) is 0 Å². The zero-order valence-electron chi connectivity index (χ0n) is 7.53. The van der Waals surface area contributed by atoms with Crippen molar-refractivity contribution >= 4 is 0 Å². The zero-order chi connectivity index (χ0) is 8.67. The molecule has 2 saturated heterocycles. The van der Waals surface area contributed by atoms with Crippen molar-refractivity contribution in [3.63, 3.8) is 0 Å². The van der Waals surface area contributed by atoms with Gasteiger partial charge in [-0.15, -0.1) is 0 Å². The highest BCUT2D eigenvalue weighted by molar-refractivity contribution is 5.08. The number of piperidine rings is 1. The fraction of sp³-hybridized carbons (Fsp3) is 0.778. The highest BCUT2D eigenvalue weighted by atomic mass is 15.3. The highest BCUT2D eigenvalue weighted by Gasteiger charge is 2.34. The van der Waals surface area contributed by atoms with E-state index >= 15 is 0 Å². The maximum absolute atomic E-state index is 4.17. The van der Waals surface area contributed by atoms with Crippen molar-refractivity contribution in [1.29, 1.82) is 0 Å². The lowest BCUT2D eigenvalue weighted by atomic mass is 9.90. The molecule has 3 rings (SSSR count). The van der Waals surface area contributed by atoms with Gasteiger partial charge < -0.3 is 5.32 Å². The lowest BCUT2D eigenvalue weighted by Gasteiger charge is -2.27. The van der Waals surface area contributed by atoms with Crippen LogP contribution in [0.15, 0.2) is 6.20 Å². The standard InChI is InChI=1S/C9H14N4/c1-2-8-4-6(3-7(1)11-8)9-5-10-13-12-9/h5-8,11H,1-4H2,(H,10,12,13). The van der Waals surface area contributed by atoms with Gasteiger partial charge in [-0.3, -0.25) is 0 Å². The Bertz CT molecular complexity index is 270. The zero-order valence-corrected chi connectivity index (χ0v) is 7.53. The maximum Gasteiger partial charge on any atom is 0.0856 e. The molecule has 1 aromatic rings. The molecule has 2 bridgehead atoms. The molecule has 13 heavy (non-hydrogen) atoms. The van der Waals surface area contributed by atoms with Gasteiger partial charge in [0.15, 0.2) is 0 Å². The van der Waals surface area contributed by atoms with Crippen LogP contribution in [0.4, 0.5) is 0 Å². The van der Waals surface area contributed by atoms with Crippen LogP contribution in [0.25, 0.3) is 0 Å². The summed E-state index contributed by atoms with van der Waals surface area (Å²) in [6.07, 6.45) is 7.04. The molecule has 4 nitrogen and oxygen atoms in total. The summed E-state index contributed by atoms with van der Waals surface area (Å²) in [7, 11) is 0. The number of hydrogen-bond acceptors (Lipinski definition) is 3. The SMILES string of the molecule is c1n[nH]nc1C1CC2CCC(C1)N2. The first-order valence-electron chi connectivity index (χ1n) is 5.03. The first kappa shape index (κ1) is 7.50. The summed E-state index contributed by atoms with van der Waals surface area (Å²) >= 11 is 0. The second kappa shape index (κ2) is 2.80. The van der Waals surface area contributed by atoms with Gasteiger partial charge in [-0.05, 0) is 25.7 Å². The molecule has 4 heteroatoms. The number of nitrogens with one attached hydrogen (secondary N) is 2. The van der Waals surface area contributed by atoms with E-state index in [1.165, 1.54) is 25.7 Å². The molecule has 0 amide bonds. The Hall–Kier alpha value is -0.900. The minimum absolute atomic E-state index is 0.637. The van der Waals surface area contributed by atoms with E-state index in [0.29, 0.717) is 5.92 Å². The van der Waals surface area contributed by atoms with Crippen LogP contribution in [0.5, 0.6) is 0 Å². The summed E-state index contributed by atoms with van der Waals surface area (Å²) < 4.78 is 0. The molecule has 2 aliphatic rings. The minimum Gasteiger partial charge on any atom is -0.311 e. The largest absolute Gasteiger partial charge is 0.311 e. The molecule has 2 N–H and O–H groups in total. The lowest BCUT2D eigenvalue weighted by Crippen LogP contribution is -2.37. The molecule has 2 unspecified atom stereocenters. The average Bonchev–Trinajstić information content (AvgIpc) is 2.75. The van der Waals surface area contributed by atoms with E-state index in [9.17, 15) is 0 Å². The molecule has 2 aliphatic heterocycles. The summed E-state index contributed by atoms with van der Waals surface area (Å²) in [6.45, 7) is 0. The Kier molecular flexibility index (Phi) is 1.62. The summed E-state index contributed by atoms with van der Waals surface area (Å²) in [4.78, 5) is 0. The van der Waals surface area contributed by atoms with Gasteiger partial charge in [0.25, 0.3) is 0 Å². The average molecular weight is 178 g/mol. The van der Waals surface area contributed by atoms with Crippen molar-refractivity contribution in [3.8, 4) is 0 Å². The molecule has 0 radical (unpaired) electrons. The Balaban J connectivity index is 1.80. The third-order valence-electron chi connectivity index (χ3n) is 3.32. The Morgan fingerprint density at radius 3 is 2.62 bits per heavy atom. The lowest BCUT2D eigenvalue weighted by molar-refractivity contribution is 0.359. The van der Waals surface area contributed by atoms with Crippen LogP contribution in [0.3, 0.4) is 0 Å². The van der Waals surface area contributed by atoms with Gasteiger partial charge in [0.1, 0.15) is 0 Å². The number of nitrogens with zero attached hydrogens (tertiary/aromatic N) is 2. The second-order valence-electron chi connectivity index (χ2n) is 4.20. The number of rotatable bonds is 1. The fourth-order valence-corrected chi connectivity index (χ4v) is 2.71. The molecular weight excluding hydrogens is 164 g/mol. The molecule has 0 aromatic carbocycles. The molecule has 2 fully saturated rings. The molecule has 0 aliphatic carbocycles. The van der Waals surface area contributed by atoms with Crippen molar-refractivity contribution in [1.82, 2.24) is 20.7 Å². The Morgan fingerprint density at radius 1 is 1.23 bits per heavy atom. The summed E-state index contributed by atoms with van der Waals surface area (Å²) in [5.41, 5.74) is 1.15. The first-order chi connectivity index (χ1) is 6.42. The van der Waals surface area contributed by atoms with Crippen LogP contribution in [0, 0.1) is 0 Å². The highest BCUT2D eigenvalue weighted by Crippen LogP contribution is 2.35. The minimum atomic E-state index is 0.637. The van der Waals surface area contributed by atoms with Gasteiger partial charge in [0.05, 0.1) is 11.9 Å². The number of aromatic amines is 1. The van der Waals surface area contributed by atoms with Crippen molar-refractivity contribution in [2.75, 3.05) is 0 Å². The van der Waals surface area contributed by atoms with Crippen molar-refractivity contribution in [2.45, 2.75) is 43.7 Å². The molecule has 2 atom stereocenters. The molecule has 0 saturated carbocycles. The molecule has 1 aromatic heterocycles. The quantitative estimate of drug-likeness (QED) is 0.669. The van der Waals surface area contributed by atoms with Crippen LogP contribution in [0.1, 0.15) is 37.3 Å². The van der Waals surface area contributed by atoms with Gasteiger partial charge >= 0.3 is 0 Å². The van der Waals surface area contributed by atoms with Crippen molar-refractivity contribution < 1.29 is 0 Å². The van der Waals surface area contributed by atoms with Gasteiger partial charge in [-0.1, -0.05) is 0 Å². The molecule has 70 valence electrons. The number of H-pyrrole nitrogens is 1. The molecular formula is C9H14N4. The monoisotopic (exact) mass is 178 g/mol. The van der Waals surface area contributed by atoms with Crippen LogP contribution in [0.2, 0.25) is 0 Å². The summed E-state index contributed by atoms with van der Waals surface area (Å²) in [5, 5.41) is 14.4. The van der Waals surface area contributed by atoms with Crippen LogP contribution in [-0.4, -0.2) is 27.5 Å².